The van der Waals surface area contributed by atoms with E-state index < -0.39 is 0 Å². The third kappa shape index (κ3) is 5.42. The van der Waals surface area contributed by atoms with Gasteiger partial charge in [-0.3, -0.25) is 4.90 Å². The third-order valence-electron chi connectivity index (χ3n) is 6.17. The maximum atomic E-state index is 9.81. The van der Waals surface area contributed by atoms with Gasteiger partial charge >= 0.3 is 0 Å². The van der Waals surface area contributed by atoms with Gasteiger partial charge < -0.3 is 10.4 Å². The van der Waals surface area contributed by atoms with Crippen LogP contribution in [-0.4, -0.2) is 50.2 Å². The van der Waals surface area contributed by atoms with E-state index in [0.717, 1.165) is 77.7 Å². The number of hydrogen-bond donors (Lipinski definition) is 2. The standard InChI is InChI=1S/C23H28BrN5OS/c24-15-3-8-20-21(11-15)31-22(28-20)13-17-12-18(14-29-9-1-2-10-29)27-23(26-17)25-16-4-6-19(30)7-5-16/h3,8,11-12,16,19,30H,1-2,4-7,9-10,13-14H2,(H,25,26,27). The predicted octanol–water partition coefficient (Wildman–Crippen LogP) is 4.75. The van der Waals surface area contributed by atoms with E-state index in [-0.39, 0.29) is 6.10 Å². The summed E-state index contributed by atoms with van der Waals surface area (Å²) in [6.07, 6.45) is 6.72. The van der Waals surface area contributed by atoms with Crippen molar-refractivity contribution in [2.45, 2.75) is 63.6 Å². The summed E-state index contributed by atoms with van der Waals surface area (Å²) in [5, 5.41) is 14.4. The van der Waals surface area contributed by atoms with Crippen molar-refractivity contribution in [3.8, 4) is 0 Å². The Morgan fingerprint density at radius 2 is 1.81 bits per heavy atom. The van der Waals surface area contributed by atoms with Crippen LogP contribution in [0, 0.1) is 0 Å². The van der Waals surface area contributed by atoms with Crippen LogP contribution in [0.2, 0.25) is 0 Å². The minimum absolute atomic E-state index is 0.157. The molecule has 2 aliphatic rings. The lowest BCUT2D eigenvalue weighted by molar-refractivity contribution is 0.126. The Morgan fingerprint density at radius 3 is 2.61 bits per heavy atom. The number of benzene rings is 1. The highest BCUT2D eigenvalue weighted by molar-refractivity contribution is 9.10. The van der Waals surface area contributed by atoms with Gasteiger partial charge in [0.1, 0.15) is 0 Å². The molecule has 0 spiro atoms. The van der Waals surface area contributed by atoms with Crippen molar-refractivity contribution in [3.05, 3.63) is 45.1 Å². The summed E-state index contributed by atoms with van der Waals surface area (Å²) < 4.78 is 2.27. The molecule has 1 saturated carbocycles. The van der Waals surface area contributed by atoms with Crippen molar-refractivity contribution < 1.29 is 5.11 Å². The number of halogens is 1. The Kier molecular flexibility index (Phi) is 6.50. The van der Waals surface area contributed by atoms with Crippen molar-refractivity contribution >= 4 is 43.4 Å². The molecular weight excluding hydrogens is 474 g/mol. The second-order valence-corrected chi connectivity index (χ2v) is 10.7. The van der Waals surface area contributed by atoms with Crippen LogP contribution >= 0.6 is 27.3 Å². The minimum atomic E-state index is -0.157. The Balaban J connectivity index is 1.38. The molecule has 1 saturated heterocycles. The number of thiazole rings is 1. The summed E-state index contributed by atoms with van der Waals surface area (Å²) in [4.78, 5) is 17.0. The van der Waals surface area contributed by atoms with Crippen molar-refractivity contribution in [1.29, 1.82) is 0 Å². The van der Waals surface area contributed by atoms with Gasteiger partial charge in [0.25, 0.3) is 0 Å². The molecule has 6 nitrogen and oxygen atoms in total. The molecule has 8 heteroatoms. The van der Waals surface area contributed by atoms with E-state index in [0.29, 0.717) is 12.5 Å². The Bertz CT molecular complexity index is 1040. The van der Waals surface area contributed by atoms with Crippen molar-refractivity contribution in [2.24, 2.45) is 0 Å². The molecular formula is C23H28BrN5OS. The van der Waals surface area contributed by atoms with Crippen LogP contribution in [0.5, 0.6) is 0 Å². The van der Waals surface area contributed by atoms with Gasteiger partial charge in [-0.25, -0.2) is 15.0 Å². The Hall–Kier alpha value is -1.61. The van der Waals surface area contributed by atoms with Crippen LogP contribution < -0.4 is 5.32 Å². The van der Waals surface area contributed by atoms with Gasteiger partial charge in [0.2, 0.25) is 5.95 Å². The SMILES string of the molecule is OC1CCC(Nc2nc(Cc3nc4ccc(Br)cc4s3)cc(CN3CCCC3)n2)CC1. The lowest BCUT2D eigenvalue weighted by Crippen LogP contribution is -2.29. The number of nitrogens with one attached hydrogen (secondary N) is 1. The highest BCUT2D eigenvalue weighted by Gasteiger charge is 2.21. The number of rotatable bonds is 6. The molecule has 3 aromatic rings. The quantitative estimate of drug-likeness (QED) is 0.507. The molecule has 2 aromatic heterocycles. The van der Waals surface area contributed by atoms with Crippen LogP contribution in [-0.2, 0) is 13.0 Å². The van der Waals surface area contributed by atoms with Crippen LogP contribution in [0.15, 0.2) is 28.7 Å². The molecule has 31 heavy (non-hydrogen) atoms. The fourth-order valence-electron chi connectivity index (χ4n) is 4.54. The zero-order chi connectivity index (χ0) is 21.2. The molecule has 3 heterocycles. The number of nitrogens with zero attached hydrogens (tertiary/aromatic N) is 4. The fraction of sp³-hybridized carbons (Fsp3) is 0.522. The van der Waals surface area contributed by atoms with Crippen LogP contribution in [0.25, 0.3) is 10.2 Å². The van der Waals surface area contributed by atoms with E-state index in [1.54, 1.807) is 11.3 Å². The maximum Gasteiger partial charge on any atom is 0.223 e. The lowest BCUT2D eigenvalue weighted by Gasteiger charge is -2.26. The van der Waals surface area contributed by atoms with E-state index >= 15 is 0 Å². The topological polar surface area (TPSA) is 74.2 Å². The van der Waals surface area contributed by atoms with Crippen molar-refractivity contribution in [2.75, 3.05) is 18.4 Å². The highest BCUT2D eigenvalue weighted by Crippen LogP contribution is 2.27. The largest absolute Gasteiger partial charge is 0.393 e. The predicted molar refractivity (Wildman–Crippen MR) is 129 cm³/mol. The molecule has 2 fully saturated rings. The lowest BCUT2D eigenvalue weighted by atomic mass is 9.93. The summed E-state index contributed by atoms with van der Waals surface area (Å²) in [5.74, 6) is 0.719. The first-order valence-corrected chi connectivity index (χ1v) is 12.8. The molecule has 164 valence electrons. The third-order valence-corrected chi connectivity index (χ3v) is 7.68. The van der Waals surface area contributed by atoms with E-state index in [2.05, 4.69) is 44.3 Å². The molecule has 1 aromatic carbocycles. The monoisotopic (exact) mass is 501 g/mol. The zero-order valence-electron chi connectivity index (χ0n) is 17.6. The highest BCUT2D eigenvalue weighted by atomic mass is 79.9. The van der Waals surface area contributed by atoms with Gasteiger partial charge in [0.05, 0.1) is 32.7 Å². The van der Waals surface area contributed by atoms with E-state index in [9.17, 15) is 5.11 Å². The Morgan fingerprint density at radius 1 is 1.03 bits per heavy atom. The second kappa shape index (κ2) is 9.48. The molecule has 0 amide bonds. The fourth-order valence-corrected chi connectivity index (χ4v) is 6.07. The molecule has 1 aliphatic carbocycles. The average Bonchev–Trinajstić information content (AvgIpc) is 3.38. The number of aliphatic hydroxyl groups is 1. The molecule has 1 aliphatic heterocycles. The summed E-state index contributed by atoms with van der Waals surface area (Å²) in [6.45, 7) is 3.17. The van der Waals surface area contributed by atoms with E-state index in [1.807, 2.05) is 6.07 Å². The zero-order valence-corrected chi connectivity index (χ0v) is 20.0. The average molecular weight is 502 g/mol. The van der Waals surface area contributed by atoms with E-state index in [4.69, 9.17) is 15.0 Å². The van der Waals surface area contributed by atoms with Gasteiger partial charge in [-0.1, -0.05) is 15.9 Å². The number of aromatic nitrogens is 3. The van der Waals surface area contributed by atoms with Crippen molar-refractivity contribution in [1.82, 2.24) is 19.9 Å². The number of fused-ring (bicyclic) bond motifs is 1. The molecule has 0 unspecified atom stereocenters. The summed E-state index contributed by atoms with van der Waals surface area (Å²) in [7, 11) is 0. The summed E-state index contributed by atoms with van der Waals surface area (Å²) in [5.41, 5.74) is 3.13. The number of likely N-dealkylation sites (tertiary alicyclic amines) is 1. The first-order chi connectivity index (χ1) is 15.1. The van der Waals surface area contributed by atoms with Crippen LogP contribution in [0.1, 0.15) is 54.9 Å². The van der Waals surface area contributed by atoms with Gasteiger partial charge in [0, 0.05) is 23.5 Å². The van der Waals surface area contributed by atoms with Gasteiger partial charge in [-0.2, -0.15) is 0 Å². The molecule has 2 N–H and O–H groups in total. The number of hydrogen-bond acceptors (Lipinski definition) is 7. The summed E-state index contributed by atoms with van der Waals surface area (Å²) >= 11 is 5.28. The van der Waals surface area contributed by atoms with Crippen molar-refractivity contribution in [3.63, 3.8) is 0 Å². The smallest absolute Gasteiger partial charge is 0.223 e. The van der Waals surface area contributed by atoms with Crippen LogP contribution in [0.4, 0.5) is 5.95 Å². The molecule has 5 rings (SSSR count). The first kappa shape index (κ1) is 21.2. The second-order valence-electron chi connectivity index (χ2n) is 8.70. The van der Waals surface area contributed by atoms with Gasteiger partial charge in [0.15, 0.2) is 0 Å². The van der Waals surface area contributed by atoms with Gasteiger partial charge in [-0.05, 0) is 75.9 Å². The molecule has 0 radical (unpaired) electrons. The Labute approximate surface area is 195 Å². The van der Waals surface area contributed by atoms with Crippen LogP contribution in [0.3, 0.4) is 0 Å². The summed E-state index contributed by atoms with van der Waals surface area (Å²) in [6, 6.07) is 8.70. The normalized spacial score (nSPS) is 22.3. The maximum absolute atomic E-state index is 9.81. The van der Waals surface area contributed by atoms with E-state index in [1.165, 1.54) is 17.5 Å². The molecule has 0 bridgehead atoms. The first-order valence-electron chi connectivity index (χ1n) is 11.2. The minimum Gasteiger partial charge on any atom is -0.393 e. The molecule has 0 atom stereocenters. The van der Waals surface area contributed by atoms with Gasteiger partial charge in [-0.15, -0.1) is 11.3 Å². The number of aliphatic hydroxyl groups excluding tert-OH is 1. The number of anilines is 1.